The van der Waals surface area contributed by atoms with Crippen LogP contribution in [0.15, 0.2) is 51.2 Å². The number of aromatic nitrogens is 2. The number of para-hydroxylation sites is 1. The number of esters is 1. The van der Waals surface area contributed by atoms with E-state index in [1.807, 2.05) is 0 Å². The first-order chi connectivity index (χ1) is 17.9. The van der Waals surface area contributed by atoms with Gasteiger partial charge in [-0.05, 0) is 38.4 Å². The fraction of sp³-hybridized carbons (Fsp3) is 0.476. The third kappa shape index (κ3) is 5.23. The highest BCUT2D eigenvalue weighted by Gasteiger charge is 2.79. The lowest BCUT2D eigenvalue weighted by atomic mass is 10.1. The second-order valence-electron chi connectivity index (χ2n) is 8.89. The van der Waals surface area contributed by atoms with Crippen LogP contribution in [0.5, 0.6) is 5.75 Å². The minimum absolute atomic E-state index is 0.103. The van der Waals surface area contributed by atoms with Crippen LogP contribution in [0.4, 0.5) is 4.39 Å². The van der Waals surface area contributed by atoms with Gasteiger partial charge in [-0.15, -0.1) is 0 Å². The van der Waals surface area contributed by atoms with Crippen LogP contribution in [-0.4, -0.2) is 56.6 Å². The second kappa shape index (κ2) is 10.3. The summed E-state index contributed by atoms with van der Waals surface area (Å²) in [6.07, 6.45) is -4.17. The maximum atomic E-state index is 13.9. The van der Waals surface area contributed by atoms with E-state index in [2.05, 4.69) is 15.1 Å². The molecule has 2 aromatic rings. The van der Waals surface area contributed by atoms with Crippen LogP contribution in [0.3, 0.4) is 0 Å². The van der Waals surface area contributed by atoms with Crippen LogP contribution >= 0.6 is 7.75 Å². The molecule has 1 saturated heterocycles. The summed E-state index contributed by atoms with van der Waals surface area (Å²) in [5.74, 6) is -1.97. The summed E-state index contributed by atoms with van der Waals surface area (Å²) < 4.78 is 50.1. The molecule has 1 aromatic carbocycles. The largest absolute Gasteiger partial charge is 0.462 e. The SMILES string of the molecule is CC(C)OC(=O)[C@@H](C)NP(=O)(Oc1ccccc1)OC1[C@H]2O[C@@H](n3cc(F)c(=O)[nH]c3=O)C(N=[N+]=[N-])[C@@]12O. The van der Waals surface area contributed by atoms with Crippen LogP contribution in [0.25, 0.3) is 10.4 Å². The third-order valence-corrected chi connectivity index (χ3v) is 7.42. The number of azide groups is 1. The Balaban J connectivity index is 1.61. The van der Waals surface area contributed by atoms with E-state index in [1.165, 1.54) is 19.1 Å². The van der Waals surface area contributed by atoms with Crippen molar-refractivity contribution in [2.45, 2.75) is 63.0 Å². The number of ether oxygens (including phenoxy) is 2. The first-order valence-corrected chi connectivity index (χ1v) is 12.9. The quantitative estimate of drug-likeness (QED) is 0.127. The van der Waals surface area contributed by atoms with Crippen molar-refractivity contribution in [1.82, 2.24) is 14.6 Å². The number of carbonyl (C=O) groups excluding carboxylic acids is 1. The number of nitrogens with zero attached hydrogens (tertiary/aromatic N) is 4. The van der Waals surface area contributed by atoms with Gasteiger partial charge in [0, 0.05) is 4.91 Å². The Morgan fingerprint density at radius 3 is 2.66 bits per heavy atom. The van der Waals surface area contributed by atoms with Gasteiger partial charge in [0.15, 0.2) is 0 Å². The standard InChI is InChI=1S/C21H24FN6O9P/c1-10(2)34-19(30)11(3)26-38(33,36-12-7-5-4-6-8-12)37-16-15-21(16,32)14(25-27-23)18(35-15)28-9-13(22)17(29)24-20(28)31/h4-11,14-16,18,32H,1-3H3,(H,26,33)(H,24,29,31)/t11-,14?,15-,16?,18-,21+,38?/m1/s1. The molecule has 2 fully saturated rings. The molecule has 1 aliphatic heterocycles. The van der Waals surface area contributed by atoms with Crippen molar-refractivity contribution < 1.29 is 37.4 Å². The Labute approximate surface area is 213 Å². The number of benzene rings is 1. The molecule has 1 saturated carbocycles. The molecule has 3 N–H and O–H groups in total. The Morgan fingerprint density at radius 1 is 1.34 bits per heavy atom. The van der Waals surface area contributed by atoms with Gasteiger partial charge in [0.2, 0.25) is 5.82 Å². The molecule has 2 heterocycles. The number of carbonyl (C=O) groups is 1. The minimum Gasteiger partial charge on any atom is -0.462 e. The average molecular weight is 554 g/mol. The summed E-state index contributed by atoms with van der Waals surface area (Å²) >= 11 is 0. The lowest BCUT2D eigenvalue weighted by molar-refractivity contribution is -0.149. The molecule has 4 rings (SSSR count). The van der Waals surface area contributed by atoms with Crippen molar-refractivity contribution in [3.8, 4) is 5.75 Å². The highest BCUT2D eigenvalue weighted by Crippen LogP contribution is 2.61. The molecule has 1 aliphatic carbocycles. The van der Waals surface area contributed by atoms with Gasteiger partial charge in [-0.3, -0.25) is 23.7 Å². The highest BCUT2D eigenvalue weighted by atomic mass is 31.2. The molecule has 38 heavy (non-hydrogen) atoms. The van der Waals surface area contributed by atoms with E-state index in [0.717, 1.165) is 0 Å². The summed E-state index contributed by atoms with van der Waals surface area (Å²) in [6.45, 7) is 4.63. The zero-order chi connectivity index (χ0) is 27.8. The summed E-state index contributed by atoms with van der Waals surface area (Å²) in [5.41, 5.74) is 4.58. The fourth-order valence-corrected chi connectivity index (χ4v) is 5.70. The summed E-state index contributed by atoms with van der Waals surface area (Å²) in [4.78, 5) is 40.3. The van der Waals surface area contributed by atoms with Gasteiger partial charge >= 0.3 is 19.4 Å². The zero-order valence-electron chi connectivity index (χ0n) is 20.3. The first kappa shape index (κ1) is 27.5. The molecule has 0 spiro atoms. The summed E-state index contributed by atoms with van der Waals surface area (Å²) in [5, 5.41) is 17.2. The van der Waals surface area contributed by atoms with Crippen molar-refractivity contribution in [2.75, 3.05) is 0 Å². The number of aromatic amines is 1. The van der Waals surface area contributed by atoms with Crippen molar-refractivity contribution in [2.24, 2.45) is 5.11 Å². The Morgan fingerprint density at radius 2 is 2.03 bits per heavy atom. The number of halogens is 1. The van der Waals surface area contributed by atoms with E-state index in [-0.39, 0.29) is 5.75 Å². The molecule has 15 nitrogen and oxygen atoms in total. The molecule has 204 valence electrons. The van der Waals surface area contributed by atoms with Gasteiger partial charge in [0.05, 0.1) is 12.3 Å². The third-order valence-electron chi connectivity index (χ3n) is 5.76. The van der Waals surface area contributed by atoms with E-state index in [9.17, 15) is 28.4 Å². The smallest absolute Gasteiger partial charge is 0.459 e. The van der Waals surface area contributed by atoms with E-state index >= 15 is 0 Å². The van der Waals surface area contributed by atoms with E-state index in [1.54, 1.807) is 37.0 Å². The molecule has 3 unspecified atom stereocenters. The number of hydrogen-bond donors (Lipinski definition) is 3. The fourth-order valence-electron chi connectivity index (χ4n) is 3.99. The Bertz CT molecular complexity index is 1430. The average Bonchev–Trinajstić information content (AvgIpc) is 3.25. The number of aliphatic hydroxyl groups is 1. The van der Waals surface area contributed by atoms with Gasteiger partial charge in [-0.25, -0.2) is 9.36 Å². The zero-order valence-corrected chi connectivity index (χ0v) is 21.1. The number of rotatable bonds is 10. The van der Waals surface area contributed by atoms with Crippen LogP contribution in [0.2, 0.25) is 0 Å². The lowest BCUT2D eigenvalue weighted by Gasteiger charge is -2.27. The van der Waals surface area contributed by atoms with Gasteiger partial charge < -0.3 is 19.1 Å². The van der Waals surface area contributed by atoms with E-state index in [4.69, 9.17) is 24.1 Å². The van der Waals surface area contributed by atoms with Crippen molar-refractivity contribution >= 4 is 13.7 Å². The Hall–Kier alpha value is -3.52. The normalized spacial score (nSPS) is 28.1. The Kier molecular flexibility index (Phi) is 7.48. The number of nitrogens with one attached hydrogen (secondary N) is 2. The minimum atomic E-state index is -4.45. The molecular weight excluding hydrogens is 530 g/mol. The van der Waals surface area contributed by atoms with Crippen LogP contribution in [0, 0.1) is 5.82 Å². The molecule has 0 amide bonds. The molecule has 7 atom stereocenters. The van der Waals surface area contributed by atoms with Crippen LogP contribution in [0.1, 0.15) is 27.0 Å². The predicted molar refractivity (Wildman–Crippen MR) is 126 cm³/mol. The van der Waals surface area contributed by atoms with Gasteiger partial charge in [0.25, 0.3) is 5.56 Å². The molecule has 0 bridgehead atoms. The van der Waals surface area contributed by atoms with Crippen LogP contribution in [-0.2, 0) is 23.4 Å². The monoisotopic (exact) mass is 554 g/mol. The van der Waals surface area contributed by atoms with Gasteiger partial charge in [-0.1, -0.05) is 23.3 Å². The van der Waals surface area contributed by atoms with Gasteiger partial charge in [-0.2, -0.15) is 9.48 Å². The molecular formula is C21H24FN6O9P. The van der Waals surface area contributed by atoms with Crippen molar-refractivity contribution in [3.63, 3.8) is 0 Å². The molecule has 2 aliphatic rings. The van der Waals surface area contributed by atoms with Gasteiger partial charge in [0.1, 0.15) is 41.9 Å². The van der Waals surface area contributed by atoms with E-state index in [0.29, 0.717) is 10.8 Å². The predicted octanol–water partition coefficient (Wildman–Crippen LogP) is 1.50. The molecule has 1 aromatic heterocycles. The summed E-state index contributed by atoms with van der Waals surface area (Å²) in [6, 6.07) is 5.09. The van der Waals surface area contributed by atoms with Crippen LogP contribution < -0.4 is 20.9 Å². The van der Waals surface area contributed by atoms with Crippen molar-refractivity contribution in [3.05, 3.63) is 73.6 Å². The highest BCUT2D eigenvalue weighted by molar-refractivity contribution is 7.52. The first-order valence-electron chi connectivity index (χ1n) is 11.3. The number of H-pyrrole nitrogens is 1. The van der Waals surface area contributed by atoms with Crippen molar-refractivity contribution in [1.29, 1.82) is 0 Å². The summed E-state index contributed by atoms with van der Waals surface area (Å²) in [7, 11) is -4.45. The molecule has 0 radical (unpaired) electrons. The topological polar surface area (TPSA) is 207 Å². The second-order valence-corrected chi connectivity index (χ2v) is 10.5. The van der Waals surface area contributed by atoms with E-state index < -0.39 is 73.0 Å². The lowest BCUT2D eigenvalue weighted by Crippen LogP contribution is -2.42. The number of hydrogen-bond acceptors (Lipinski definition) is 10. The maximum Gasteiger partial charge on any atom is 0.459 e. The molecule has 17 heteroatoms. The number of fused-ring (bicyclic) bond motifs is 1. The maximum absolute atomic E-state index is 13.9.